The van der Waals surface area contributed by atoms with Gasteiger partial charge in [-0.1, -0.05) is 12.1 Å². The first kappa shape index (κ1) is 11.7. The van der Waals surface area contributed by atoms with Crippen LogP contribution >= 0.6 is 0 Å². The van der Waals surface area contributed by atoms with Gasteiger partial charge in [0.05, 0.1) is 12.8 Å². The molecule has 1 heterocycles. The minimum Gasteiger partial charge on any atom is -0.497 e. The van der Waals surface area contributed by atoms with E-state index in [2.05, 4.69) is 4.98 Å². The van der Waals surface area contributed by atoms with Crippen molar-refractivity contribution in [2.75, 3.05) is 7.11 Å². The lowest BCUT2D eigenvalue weighted by Gasteiger charge is -2.01. The molecule has 4 heteroatoms. The number of rotatable bonds is 4. The number of aromatic nitrogens is 1. The topological polar surface area (TPSA) is 61.3 Å². The maximum absolute atomic E-state index is 5.72. The van der Waals surface area contributed by atoms with E-state index in [1.807, 2.05) is 31.2 Å². The summed E-state index contributed by atoms with van der Waals surface area (Å²) in [5.74, 6) is 1.53. The van der Waals surface area contributed by atoms with Crippen molar-refractivity contribution in [1.29, 1.82) is 0 Å². The Bertz CT molecular complexity index is 474. The Balaban J connectivity index is 2.08. The third-order valence-corrected chi connectivity index (χ3v) is 2.55. The van der Waals surface area contributed by atoms with Gasteiger partial charge in [-0.2, -0.15) is 0 Å². The standard InChI is InChI=1S/C13H16N2O2/c1-9(14)12-8-17-13(15-12)7-10-3-5-11(16-2)6-4-10/h3-6,8-9H,7,14H2,1-2H3. The fourth-order valence-electron chi connectivity index (χ4n) is 1.53. The van der Waals surface area contributed by atoms with Crippen molar-refractivity contribution >= 4 is 0 Å². The van der Waals surface area contributed by atoms with E-state index < -0.39 is 0 Å². The van der Waals surface area contributed by atoms with Crippen LogP contribution in [0.3, 0.4) is 0 Å². The number of hydrogen-bond donors (Lipinski definition) is 1. The highest BCUT2D eigenvalue weighted by atomic mass is 16.5. The van der Waals surface area contributed by atoms with Gasteiger partial charge in [-0.15, -0.1) is 0 Å². The van der Waals surface area contributed by atoms with Gasteiger partial charge in [-0.25, -0.2) is 4.98 Å². The van der Waals surface area contributed by atoms with E-state index >= 15 is 0 Å². The zero-order valence-electron chi connectivity index (χ0n) is 10.0. The monoisotopic (exact) mass is 232 g/mol. The van der Waals surface area contributed by atoms with Gasteiger partial charge in [0.1, 0.15) is 12.0 Å². The minimum absolute atomic E-state index is 0.0941. The largest absolute Gasteiger partial charge is 0.497 e. The Morgan fingerprint density at radius 2 is 2.06 bits per heavy atom. The second kappa shape index (κ2) is 5.01. The van der Waals surface area contributed by atoms with Gasteiger partial charge < -0.3 is 14.9 Å². The van der Waals surface area contributed by atoms with Crippen LogP contribution in [0.4, 0.5) is 0 Å². The summed E-state index contributed by atoms with van der Waals surface area (Å²) < 4.78 is 10.5. The van der Waals surface area contributed by atoms with Gasteiger partial charge >= 0.3 is 0 Å². The highest BCUT2D eigenvalue weighted by Crippen LogP contribution is 2.16. The van der Waals surface area contributed by atoms with Crippen LogP contribution in [0.25, 0.3) is 0 Å². The predicted octanol–water partition coefficient (Wildman–Crippen LogP) is 2.29. The molecular formula is C13H16N2O2. The van der Waals surface area contributed by atoms with Gasteiger partial charge in [0.2, 0.25) is 0 Å². The van der Waals surface area contributed by atoms with Crippen LogP contribution in [0, 0.1) is 0 Å². The van der Waals surface area contributed by atoms with Crippen molar-refractivity contribution in [2.24, 2.45) is 5.73 Å². The van der Waals surface area contributed by atoms with Crippen molar-refractivity contribution in [1.82, 2.24) is 4.98 Å². The molecule has 2 N–H and O–H groups in total. The Labute approximate surface area is 100 Å². The first-order chi connectivity index (χ1) is 8.19. The van der Waals surface area contributed by atoms with E-state index in [4.69, 9.17) is 14.9 Å². The molecule has 2 aromatic rings. The number of ether oxygens (including phenoxy) is 1. The summed E-state index contributed by atoms with van der Waals surface area (Å²) in [6.45, 7) is 1.88. The average Bonchev–Trinajstić information content (AvgIpc) is 2.79. The van der Waals surface area contributed by atoms with Crippen molar-refractivity contribution in [3.05, 3.63) is 47.7 Å². The van der Waals surface area contributed by atoms with Crippen LogP contribution in [-0.4, -0.2) is 12.1 Å². The predicted molar refractivity (Wildman–Crippen MR) is 64.9 cm³/mol. The smallest absolute Gasteiger partial charge is 0.198 e. The minimum atomic E-state index is -0.0941. The lowest BCUT2D eigenvalue weighted by molar-refractivity contribution is 0.414. The lowest BCUT2D eigenvalue weighted by atomic mass is 10.1. The molecule has 1 unspecified atom stereocenters. The zero-order valence-corrected chi connectivity index (χ0v) is 10.0. The molecule has 17 heavy (non-hydrogen) atoms. The molecule has 1 aromatic heterocycles. The Kier molecular flexibility index (Phi) is 3.44. The number of oxazole rings is 1. The second-order valence-corrected chi connectivity index (χ2v) is 3.98. The van der Waals surface area contributed by atoms with Gasteiger partial charge in [0, 0.05) is 12.5 Å². The van der Waals surface area contributed by atoms with Crippen LogP contribution in [0.15, 0.2) is 34.9 Å². The molecule has 1 aromatic carbocycles. The Morgan fingerprint density at radius 1 is 1.35 bits per heavy atom. The van der Waals surface area contributed by atoms with Gasteiger partial charge in [-0.05, 0) is 24.6 Å². The van der Waals surface area contributed by atoms with Crippen LogP contribution in [0.2, 0.25) is 0 Å². The molecular weight excluding hydrogens is 216 g/mol. The summed E-state index contributed by atoms with van der Waals surface area (Å²) in [4.78, 5) is 4.32. The van der Waals surface area contributed by atoms with Crippen LogP contribution in [0.1, 0.15) is 30.1 Å². The number of nitrogens with zero attached hydrogens (tertiary/aromatic N) is 1. The molecule has 0 aliphatic heterocycles. The highest BCUT2D eigenvalue weighted by Gasteiger charge is 2.08. The summed E-state index contributed by atoms with van der Waals surface area (Å²) in [6, 6.07) is 7.74. The quantitative estimate of drug-likeness (QED) is 0.878. The maximum Gasteiger partial charge on any atom is 0.198 e. The van der Waals surface area contributed by atoms with E-state index in [1.165, 1.54) is 0 Å². The molecule has 0 radical (unpaired) electrons. The summed E-state index contributed by atoms with van der Waals surface area (Å²) in [5.41, 5.74) is 7.63. The molecule has 0 amide bonds. The van der Waals surface area contributed by atoms with Crippen molar-refractivity contribution < 1.29 is 9.15 Å². The zero-order chi connectivity index (χ0) is 12.3. The molecule has 2 rings (SSSR count). The SMILES string of the molecule is COc1ccc(Cc2nc(C(C)N)co2)cc1. The third kappa shape index (κ3) is 2.85. The fourth-order valence-corrected chi connectivity index (χ4v) is 1.53. The van der Waals surface area contributed by atoms with E-state index in [1.54, 1.807) is 13.4 Å². The number of methoxy groups -OCH3 is 1. The van der Waals surface area contributed by atoms with Crippen LogP contribution in [0.5, 0.6) is 5.75 Å². The van der Waals surface area contributed by atoms with Crippen molar-refractivity contribution in [3.8, 4) is 5.75 Å². The summed E-state index contributed by atoms with van der Waals surface area (Å²) in [6.07, 6.45) is 2.28. The molecule has 0 spiro atoms. The first-order valence-electron chi connectivity index (χ1n) is 5.52. The Hall–Kier alpha value is -1.81. The van der Waals surface area contributed by atoms with Crippen LogP contribution < -0.4 is 10.5 Å². The van der Waals surface area contributed by atoms with Gasteiger partial charge in [-0.3, -0.25) is 0 Å². The maximum atomic E-state index is 5.72. The second-order valence-electron chi connectivity index (χ2n) is 3.98. The fraction of sp³-hybridized carbons (Fsp3) is 0.308. The summed E-state index contributed by atoms with van der Waals surface area (Å²) in [7, 11) is 1.65. The van der Waals surface area contributed by atoms with E-state index in [0.29, 0.717) is 12.3 Å². The summed E-state index contributed by atoms with van der Waals surface area (Å²) in [5, 5.41) is 0. The third-order valence-electron chi connectivity index (χ3n) is 2.55. The molecule has 0 saturated carbocycles. The number of nitrogens with two attached hydrogens (primary N) is 1. The van der Waals surface area contributed by atoms with Gasteiger partial charge in [0.15, 0.2) is 5.89 Å². The summed E-state index contributed by atoms with van der Waals surface area (Å²) >= 11 is 0. The molecule has 90 valence electrons. The normalized spacial score (nSPS) is 12.4. The molecule has 0 bridgehead atoms. The van der Waals surface area contributed by atoms with Gasteiger partial charge in [0.25, 0.3) is 0 Å². The average molecular weight is 232 g/mol. The van der Waals surface area contributed by atoms with E-state index in [9.17, 15) is 0 Å². The van der Waals surface area contributed by atoms with E-state index in [-0.39, 0.29) is 6.04 Å². The molecule has 0 saturated heterocycles. The van der Waals surface area contributed by atoms with Crippen molar-refractivity contribution in [2.45, 2.75) is 19.4 Å². The lowest BCUT2D eigenvalue weighted by Crippen LogP contribution is -2.05. The van der Waals surface area contributed by atoms with E-state index in [0.717, 1.165) is 17.0 Å². The molecule has 0 aliphatic rings. The number of hydrogen-bond acceptors (Lipinski definition) is 4. The van der Waals surface area contributed by atoms with Crippen molar-refractivity contribution in [3.63, 3.8) is 0 Å². The highest BCUT2D eigenvalue weighted by molar-refractivity contribution is 5.28. The molecule has 4 nitrogen and oxygen atoms in total. The first-order valence-corrected chi connectivity index (χ1v) is 5.52. The Morgan fingerprint density at radius 3 is 2.59 bits per heavy atom. The molecule has 0 aliphatic carbocycles. The van der Waals surface area contributed by atoms with Crippen LogP contribution in [-0.2, 0) is 6.42 Å². The number of benzene rings is 1. The molecule has 1 atom stereocenters. The molecule has 0 fully saturated rings.